The van der Waals surface area contributed by atoms with Crippen LogP contribution in [0.4, 0.5) is 13.2 Å². The number of amides is 1. The highest BCUT2D eigenvalue weighted by Crippen LogP contribution is 2.29. The number of hydrogen-bond acceptors (Lipinski definition) is 2. The number of aryl methyl sites for hydroxylation is 1. The summed E-state index contributed by atoms with van der Waals surface area (Å²) in [5.74, 6) is 0.220. The molecule has 3 nitrogen and oxygen atoms in total. The molecule has 0 aliphatic carbocycles. The zero-order chi connectivity index (χ0) is 17.7. The molecule has 0 radical (unpaired) electrons. The molecule has 0 bridgehead atoms. The van der Waals surface area contributed by atoms with Gasteiger partial charge >= 0.3 is 6.18 Å². The molecule has 2 aromatic rings. The van der Waals surface area contributed by atoms with E-state index in [9.17, 15) is 18.0 Å². The van der Waals surface area contributed by atoms with Crippen LogP contribution in [0.5, 0.6) is 5.75 Å². The Bertz CT molecular complexity index is 726. The van der Waals surface area contributed by atoms with Crippen LogP contribution in [0.25, 0.3) is 0 Å². The van der Waals surface area contributed by atoms with E-state index in [-0.39, 0.29) is 13.2 Å². The van der Waals surface area contributed by atoms with Crippen molar-refractivity contribution in [2.45, 2.75) is 26.6 Å². The second-order valence-corrected chi connectivity index (χ2v) is 5.46. The van der Waals surface area contributed by atoms with Crippen molar-refractivity contribution in [1.29, 1.82) is 0 Å². The molecule has 0 spiro atoms. The van der Waals surface area contributed by atoms with Gasteiger partial charge < -0.3 is 10.1 Å². The van der Waals surface area contributed by atoms with Crippen molar-refractivity contribution in [3.63, 3.8) is 0 Å². The lowest BCUT2D eigenvalue weighted by Gasteiger charge is -2.12. The van der Waals surface area contributed by atoms with Gasteiger partial charge in [-0.1, -0.05) is 24.3 Å². The number of carbonyl (C=O) groups excluding carboxylic acids is 1. The molecule has 0 fully saturated rings. The number of halogens is 3. The first-order valence-electron chi connectivity index (χ1n) is 7.39. The predicted molar refractivity (Wildman–Crippen MR) is 84.7 cm³/mol. The average molecular weight is 337 g/mol. The van der Waals surface area contributed by atoms with Crippen LogP contribution in [-0.4, -0.2) is 12.5 Å². The fraction of sp³-hybridized carbons (Fsp3) is 0.278. The second-order valence-electron chi connectivity index (χ2n) is 5.46. The normalized spacial score (nSPS) is 11.2. The second kappa shape index (κ2) is 7.38. The molecule has 0 aliphatic rings. The minimum atomic E-state index is -4.40. The Labute approximate surface area is 138 Å². The third-order valence-corrected chi connectivity index (χ3v) is 3.66. The molecule has 1 N–H and O–H groups in total. The van der Waals surface area contributed by atoms with E-state index in [2.05, 4.69) is 5.32 Å². The number of hydrogen-bond donors (Lipinski definition) is 1. The SMILES string of the molecule is Cc1cccc(OCC(=O)NCc2cccc(C(F)(F)F)c2)c1C. The fourth-order valence-electron chi connectivity index (χ4n) is 2.13. The van der Waals surface area contributed by atoms with Gasteiger partial charge in [-0.25, -0.2) is 0 Å². The maximum absolute atomic E-state index is 12.6. The largest absolute Gasteiger partial charge is 0.483 e. The summed E-state index contributed by atoms with van der Waals surface area (Å²) in [5, 5.41) is 2.55. The zero-order valence-electron chi connectivity index (χ0n) is 13.4. The molecule has 1 amide bonds. The molecule has 24 heavy (non-hydrogen) atoms. The van der Waals surface area contributed by atoms with Gasteiger partial charge in [0.25, 0.3) is 5.91 Å². The van der Waals surface area contributed by atoms with Crippen LogP contribution in [0.2, 0.25) is 0 Å². The van der Waals surface area contributed by atoms with Gasteiger partial charge in [-0.2, -0.15) is 13.2 Å². The van der Waals surface area contributed by atoms with E-state index in [1.807, 2.05) is 26.0 Å². The minimum absolute atomic E-state index is 0.0128. The van der Waals surface area contributed by atoms with Crippen molar-refractivity contribution < 1.29 is 22.7 Å². The van der Waals surface area contributed by atoms with Gasteiger partial charge in [0.2, 0.25) is 0 Å². The Morgan fingerprint density at radius 2 is 1.83 bits per heavy atom. The number of alkyl halides is 3. The first-order valence-corrected chi connectivity index (χ1v) is 7.39. The highest BCUT2D eigenvalue weighted by Gasteiger charge is 2.30. The van der Waals surface area contributed by atoms with Crippen LogP contribution in [-0.2, 0) is 17.5 Å². The summed E-state index contributed by atoms with van der Waals surface area (Å²) in [7, 11) is 0. The summed E-state index contributed by atoms with van der Waals surface area (Å²) in [4.78, 5) is 11.8. The van der Waals surface area contributed by atoms with E-state index < -0.39 is 17.6 Å². The van der Waals surface area contributed by atoms with Gasteiger partial charge in [-0.3, -0.25) is 4.79 Å². The Morgan fingerprint density at radius 3 is 2.54 bits per heavy atom. The first kappa shape index (κ1) is 17.8. The van der Waals surface area contributed by atoms with Gasteiger partial charge in [0, 0.05) is 6.54 Å². The maximum atomic E-state index is 12.6. The molecule has 6 heteroatoms. The lowest BCUT2D eigenvalue weighted by atomic mass is 10.1. The summed E-state index contributed by atoms with van der Waals surface area (Å²) in [5.41, 5.74) is 1.64. The van der Waals surface area contributed by atoms with E-state index in [1.54, 1.807) is 6.07 Å². The van der Waals surface area contributed by atoms with E-state index in [0.717, 1.165) is 23.3 Å². The minimum Gasteiger partial charge on any atom is -0.483 e. The number of carbonyl (C=O) groups is 1. The summed E-state index contributed by atoms with van der Waals surface area (Å²) in [6, 6.07) is 10.4. The van der Waals surface area contributed by atoms with Crippen molar-refractivity contribution >= 4 is 5.91 Å². The predicted octanol–water partition coefficient (Wildman–Crippen LogP) is 4.02. The van der Waals surface area contributed by atoms with E-state index >= 15 is 0 Å². The molecular formula is C18H18F3NO2. The molecule has 0 heterocycles. The van der Waals surface area contributed by atoms with Crippen LogP contribution in [0.1, 0.15) is 22.3 Å². The molecule has 2 rings (SSSR count). The van der Waals surface area contributed by atoms with E-state index in [4.69, 9.17) is 4.74 Å². The van der Waals surface area contributed by atoms with Gasteiger partial charge in [0.1, 0.15) is 5.75 Å². The third-order valence-electron chi connectivity index (χ3n) is 3.66. The molecule has 2 aromatic carbocycles. The van der Waals surface area contributed by atoms with Crippen molar-refractivity contribution in [2.24, 2.45) is 0 Å². The number of ether oxygens (including phenoxy) is 1. The maximum Gasteiger partial charge on any atom is 0.416 e. The van der Waals surface area contributed by atoms with Crippen molar-refractivity contribution in [3.8, 4) is 5.75 Å². The van der Waals surface area contributed by atoms with Crippen LogP contribution >= 0.6 is 0 Å². The number of rotatable bonds is 5. The molecule has 0 saturated carbocycles. The summed E-state index contributed by atoms with van der Waals surface area (Å²) >= 11 is 0. The molecule has 0 aliphatic heterocycles. The lowest BCUT2D eigenvalue weighted by molar-refractivity contribution is -0.137. The molecular weight excluding hydrogens is 319 g/mol. The van der Waals surface area contributed by atoms with E-state index in [1.165, 1.54) is 12.1 Å². The first-order chi connectivity index (χ1) is 11.3. The van der Waals surface area contributed by atoms with Crippen LogP contribution in [0.15, 0.2) is 42.5 Å². The molecule has 0 aromatic heterocycles. The van der Waals surface area contributed by atoms with Crippen LogP contribution < -0.4 is 10.1 Å². The van der Waals surface area contributed by atoms with Crippen molar-refractivity contribution in [3.05, 3.63) is 64.7 Å². The monoisotopic (exact) mass is 337 g/mol. The topological polar surface area (TPSA) is 38.3 Å². The van der Waals surface area contributed by atoms with Gasteiger partial charge in [-0.15, -0.1) is 0 Å². The summed E-state index contributed by atoms with van der Waals surface area (Å²) in [6.07, 6.45) is -4.40. The Morgan fingerprint density at radius 1 is 1.12 bits per heavy atom. The summed E-state index contributed by atoms with van der Waals surface area (Å²) < 4.78 is 43.4. The van der Waals surface area contributed by atoms with Gasteiger partial charge in [0.05, 0.1) is 5.56 Å². The summed E-state index contributed by atoms with van der Waals surface area (Å²) in [6.45, 7) is 3.66. The Balaban J connectivity index is 1.89. The standard InChI is InChI=1S/C18H18F3NO2/c1-12-5-3-8-16(13(12)2)24-11-17(23)22-10-14-6-4-7-15(9-14)18(19,20)21/h3-9H,10-11H2,1-2H3,(H,22,23). The van der Waals surface area contributed by atoms with Gasteiger partial charge in [-0.05, 0) is 48.7 Å². The van der Waals surface area contributed by atoms with E-state index in [0.29, 0.717) is 11.3 Å². The number of benzene rings is 2. The number of nitrogens with one attached hydrogen (secondary N) is 1. The Hall–Kier alpha value is -2.50. The average Bonchev–Trinajstić information content (AvgIpc) is 2.54. The fourth-order valence-corrected chi connectivity index (χ4v) is 2.13. The van der Waals surface area contributed by atoms with Crippen molar-refractivity contribution in [2.75, 3.05) is 6.61 Å². The Kier molecular flexibility index (Phi) is 5.49. The quantitative estimate of drug-likeness (QED) is 0.895. The highest BCUT2D eigenvalue weighted by atomic mass is 19.4. The molecule has 0 saturated heterocycles. The molecule has 0 atom stereocenters. The third kappa shape index (κ3) is 4.75. The molecule has 128 valence electrons. The molecule has 0 unspecified atom stereocenters. The highest BCUT2D eigenvalue weighted by molar-refractivity contribution is 5.77. The van der Waals surface area contributed by atoms with Crippen LogP contribution in [0, 0.1) is 13.8 Å². The zero-order valence-corrected chi connectivity index (χ0v) is 13.4. The lowest BCUT2D eigenvalue weighted by Crippen LogP contribution is -2.28. The van der Waals surface area contributed by atoms with Crippen LogP contribution in [0.3, 0.4) is 0 Å². The van der Waals surface area contributed by atoms with Crippen molar-refractivity contribution in [1.82, 2.24) is 5.32 Å². The smallest absolute Gasteiger partial charge is 0.416 e. The van der Waals surface area contributed by atoms with Gasteiger partial charge in [0.15, 0.2) is 6.61 Å².